The van der Waals surface area contributed by atoms with Crippen LogP contribution in [0.3, 0.4) is 0 Å². The molecule has 0 aliphatic carbocycles. The molecule has 162 valence electrons. The molecule has 1 N–H and O–H groups in total. The van der Waals surface area contributed by atoms with Crippen LogP contribution in [0.4, 0.5) is 5.69 Å². The van der Waals surface area contributed by atoms with E-state index in [1.54, 1.807) is 36.4 Å². The van der Waals surface area contributed by atoms with Gasteiger partial charge in [-0.1, -0.05) is 24.3 Å². The second kappa shape index (κ2) is 10.2. The lowest BCUT2D eigenvalue weighted by Crippen LogP contribution is -2.34. The molecule has 0 aromatic heterocycles. The van der Waals surface area contributed by atoms with E-state index in [-0.39, 0.29) is 5.91 Å². The standard InChI is InChI=1S/C23H26N4O3S/c1-31(29,30)25-22-10-7-19(8-11-22)9-12-23(28)27-14-2-13-26(15-16-27)18-21-5-3-20(17-24)4-6-21/h3-12,25H,2,13-16,18H2,1H3/b12-9+. The van der Waals surface area contributed by atoms with E-state index in [2.05, 4.69) is 15.7 Å². The number of carbonyl (C=O) groups excluding carboxylic acids is 1. The van der Waals surface area contributed by atoms with Gasteiger partial charge < -0.3 is 4.90 Å². The summed E-state index contributed by atoms with van der Waals surface area (Å²) in [6, 6.07) is 16.6. The Morgan fingerprint density at radius 2 is 1.77 bits per heavy atom. The van der Waals surface area contributed by atoms with E-state index in [1.807, 2.05) is 29.2 Å². The molecule has 7 nitrogen and oxygen atoms in total. The first-order valence-corrected chi connectivity index (χ1v) is 12.0. The number of carbonyl (C=O) groups is 1. The van der Waals surface area contributed by atoms with Gasteiger partial charge in [-0.25, -0.2) is 8.42 Å². The summed E-state index contributed by atoms with van der Waals surface area (Å²) in [5, 5.41) is 8.91. The molecule has 0 spiro atoms. The Morgan fingerprint density at radius 1 is 1.06 bits per heavy atom. The Kier molecular flexibility index (Phi) is 7.45. The van der Waals surface area contributed by atoms with Crippen LogP contribution in [-0.2, 0) is 21.4 Å². The molecule has 0 radical (unpaired) electrons. The number of nitriles is 1. The van der Waals surface area contributed by atoms with E-state index < -0.39 is 10.0 Å². The zero-order chi connectivity index (χ0) is 22.3. The first-order valence-electron chi connectivity index (χ1n) is 10.1. The van der Waals surface area contributed by atoms with Crippen LogP contribution < -0.4 is 4.72 Å². The Balaban J connectivity index is 1.52. The molecule has 0 saturated carbocycles. The molecule has 31 heavy (non-hydrogen) atoms. The monoisotopic (exact) mass is 438 g/mol. The lowest BCUT2D eigenvalue weighted by atomic mass is 10.1. The molecule has 0 atom stereocenters. The van der Waals surface area contributed by atoms with Crippen molar-refractivity contribution in [3.63, 3.8) is 0 Å². The summed E-state index contributed by atoms with van der Waals surface area (Å²) < 4.78 is 24.9. The molecule has 8 heteroatoms. The highest BCUT2D eigenvalue weighted by Gasteiger charge is 2.17. The number of nitrogens with zero attached hydrogens (tertiary/aromatic N) is 3. The molecule has 2 aromatic rings. The van der Waals surface area contributed by atoms with Gasteiger partial charge in [-0.05, 0) is 47.9 Å². The predicted molar refractivity (Wildman–Crippen MR) is 122 cm³/mol. The van der Waals surface area contributed by atoms with Crippen LogP contribution in [0.1, 0.15) is 23.1 Å². The number of amides is 1. The van der Waals surface area contributed by atoms with Crippen LogP contribution in [-0.4, -0.2) is 56.6 Å². The maximum absolute atomic E-state index is 12.6. The van der Waals surface area contributed by atoms with E-state index in [1.165, 1.54) is 0 Å². The summed E-state index contributed by atoms with van der Waals surface area (Å²) in [5.74, 6) is -0.0291. The topological polar surface area (TPSA) is 93.5 Å². The second-order valence-corrected chi connectivity index (χ2v) is 9.34. The van der Waals surface area contributed by atoms with E-state index in [9.17, 15) is 13.2 Å². The van der Waals surface area contributed by atoms with Crippen molar-refractivity contribution in [2.24, 2.45) is 0 Å². The Morgan fingerprint density at radius 3 is 2.42 bits per heavy atom. The molecule has 0 unspecified atom stereocenters. The van der Waals surface area contributed by atoms with E-state index >= 15 is 0 Å². The SMILES string of the molecule is CS(=O)(=O)Nc1ccc(/C=C/C(=O)N2CCCN(Cc3ccc(C#N)cc3)CC2)cc1. The molecule has 1 heterocycles. The minimum atomic E-state index is -3.31. The van der Waals surface area contributed by atoms with Crippen LogP contribution in [0.15, 0.2) is 54.6 Å². The Labute approximate surface area is 183 Å². The van der Waals surface area contributed by atoms with Gasteiger partial charge in [-0.3, -0.25) is 14.4 Å². The molecule has 1 fully saturated rings. The first kappa shape index (κ1) is 22.5. The minimum absolute atomic E-state index is 0.0291. The Bertz CT molecular complexity index is 1070. The molecule has 1 saturated heterocycles. The normalized spacial score (nSPS) is 15.4. The highest BCUT2D eigenvalue weighted by molar-refractivity contribution is 7.92. The summed E-state index contributed by atoms with van der Waals surface area (Å²) in [4.78, 5) is 16.8. The van der Waals surface area contributed by atoms with Crippen LogP contribution in [0.5, 0.6) is 0 Å². The van der Waals surface area contributed by atoms with Crippen molar-refractivity contribution in [3.8, 4) is 6.07 Å². The zero-order valence-electron chi connectivity index (χ0n) is 17.5. The number of anilines is 1. The van der Waals surface area contributed by atoms with Crippen molar-refractivity contribution in [1.29, 1.82) is 5.26 Å². The zero-order valence-corrected chi connectivity index (χ0v) is 18.3. The molecule has 1 amide bonds. The molecule has 3 rings (SSSR count). The third kappa shape index (κ3) is 7.24. The fraction of sp³-hybridized carbons (Fsp3) is 0.304. The van der Waals surface area contributed by atoms with Gasteiger partial charge >= 0.3 is 0 Å². The quantitative estimate of drug-likeness (QED) is 0.700. The summed E-state index contributed by atoms with van der Waals surface area (Å²) in [7, 11) is -3.31. The second-order valence-electron chi connectivity index (χ2n) is 7.59. The summed E-state index contributed by atoms with van der Waals surface area (Å²) in [6.45, 7) is 3.89. The summed E-state index contributed by atoms with van der Waals surface area (Å²) in [6.07, 6.45) is 5.31. The van der Waals surface area contributed by atoms with Gasteiger partial charge in [0, 0.05) is 44.5 Å². The van der Waals surface area contributed by atoms with Gasteiger partial charge in [-0.15, -0.1) is 0 Å². The molecule has 2 aromatic carbocycles. The number of rotatable bonds is 6. The number of hydrogen-bond donors (Lipinski definition) is 1. The van der Waals surface area contributed by atoms with Crippen molar-refractivity contribution < 1.29 is 13.2 Å². The van der Waals surface area contributed by atoms with E-state index in [4.69, 9.17) is 5.26 Å². The van der Waals surface area contributed by atoms with E-state index in [0.717, 1.165) is 43.4 Å². The number of nitrogens with one attached hydrogen (secondary N) is 1. The molecule has 1 aliphatic rings. The van der Waals surface area contributed by atoms with Gasteiger partial charge in [0.05, 0.1) is 17.9 Å². The third-order valence-electron chi connectivity index (χ3n) is 5.02. The highest BCUT2D eigenvalue weighted by atomic mass is 32.2. The van der Waals surface area contributed by atoms with Crippen LogP contribution in [0, 0.1) is 11.3 Å². The summed E-state index contributed by atoms with van der Waals surface area (Å²) >= 11 is 0. The molecular weight excluding hydrogens is 412 g/mol. The van der Waals surface area contributed by atoms with Crippen LogP contribution in [0.2, 0.25) is 0 Å². The van der Waals surface area contributed by atoms with Gasteiger partial charge in [0.2, 0.25) is 15.9 Å². The van der Waals surface area contributed by atoms with Crippen molar-refractivity contribution in [2.75, 3.05) is 37.2 Å². The molecular formula is C23H26N4O3S. The minimum Gasteiger partial charge on any atom is -0.338 e. The van der Waals surface area contributed by atoms with Crippen LogP contribution >= 0.6 is 0 Å². The largest absolute Gasteiger partial charge is 0.338 e. The van der Waals surface area contributed by atoms with Gasteiger partial charge in [0.1, 0.15) is 0 Å². The maximum atomic E-state index is 12.6. The average molecular weight is 439 g/mol. The van der Waals surface area contributed by atoms with Gasteiger partial charge in [-0.2, -0.15) is 5.26 Å². The van der Waals surface area contributed by atoms with Crippen LogP contribution in [0.25, 0.3) is 6.08 Å². The maximum Gasteiger partial charge on any atom is 0.246 e. The first-order chi connectivity index (χ1) is 14.8. The third-order valence-corrected chi connectivity index (χ3v) is 5.63. The fourth-order valence-corrected chi connectivity index (χ4v) is 4.01. The smallest absolute Gasteiger partial charge is 0.246 e. The molecule has 0 bridgehead atoms. The lowest BCUT2D eigenvalue weighted by molar-refractivity contribution is -0.125. The van der Waals surface area contributed by atoms with Crippen molar-refractivity contribution in [1.82, 2.24) is 9.80 Å². The predicted octanol–water partition coefficient (Wildman–Crippen LogP) is 2.68. The molecule has 1 aliphatic heterocycles. The Hall–Kier alpha value is -3.15. The van der Waals surface area contributed by atoms with E-state index in [0.29, 0.717) is 24.3 Å². The van der Waals surface area contributed by atoms with Crippen molar-refractivity contribution >= 4 is 27.7 Å². The highest BCUT2D eigenvalue weighted by Crippen LogP contribution is 2.13. The van der Waals surface area contributed by atoms with Crippen molar-refractivity contribution in [2.45, 2.75) is 13.0 Å². The number of sulfonamides is 1. The van der Waals surface area contributed by atoms with Crippen molar-refractivity contribution in [3.05, 3.63) is 71.3 Å². The lowest BCUT2D eigenvalue weighted by Gasteiger charge is -2.21. The fourth-order valence-electron chi connectivity index (χ4n) is 3.44. The number of hydrogen-bond acceptors (Lipinski definition) is 5. The average Bonchev–Trinajstić information content (AvgIpc) is 2.98. The summed E-state index contributed by atoms with van der Waals surface area (Å²) in [5.41, 5.74) is 3.13. The number of benzene rings is 2. The van der Waals surface area contributed by atoms with Gasteiger partial charge in [0.15, 0.2) is 0 Å². The van der Waals surface area contributed by atoms with Gasteiger partial charge in [0.25, 0.3) is 0 Å².